The van der Waals surface area contributed by atoms with Gasteiger partial charge in [0.05, 0.1) is 11.9 Å². The highest BCUT2D eigenvalue weighted by atomic mass is 32.2. The van der Waals surface area contributed by atoms with E-state index in [-0.39, 0.29) is 5.91 Å². The Morgan fingerprint density at radius 1 is 1.45 bits per heavy atom. The van der Waals surface area contributed by atoms with Crippen LogP contribution < -0.4 is 10.6 Å². The summed E-state index contributed by atoms with van der Waals surface area (Å²) < 4.78 is 5.09. The maximum absolute atomic E-state index is 11.5. The second-order valence-corrected chi connectivity index (χ2v) is 6.10. The molecule has 2 amide bonds. The number of nitrogens with one attached hydrogen (secondary N) is 3. The molecule has 0 fully saturated rings. The fourth-order valence-electron chi connectivity index (χ4n) is 1.22. The molecule has 1 aromatic heterocycles. The van der Waals surface area contributed by atoms with Gasteiger partial charge in [0.2, 0.25) is 5.91 Å². The summed E-state index contributed by atoms with van der Waals surface area (Å²) in [5.41, 5.74) is -0.499. The number of hydrogen-bond donors (Lipinski definition) is 3. The van der Waals surface area contributed by atoms with Crippen molar-refractivity contribution in [3.8, 4) is 0 Å². The Balaban J connectivity index is 2.04. The molecule has 0 radical (unpaired) electrons. The van der Waals surface area contributed by atoms with E-state index in [1.165, 1.54) is 11.8 Å². The zero-order valence-corrected chi connectivity index (χ0v) is 12.7. The number of carbonyl (C=O) groups is 2. The van der Waals surface area contributed by atoms with Gasteiger partial charge >= 0.3 is 6.09 Å². The lowest BCUT2D eigenvalue weighted by molar-refractivity contribution is -0.113. The molecule has 20 heavy (non-hydrogen) atoms. The Kier molecular flexibility index (Phi) is 6.37. The molecule has 0 aliphatic heterocycles. The van der Waals surface area contributed by atoms with E-state index in [1.54, 1.807) is 33.0 Å². The summed E-state index contributed by atoms with van der Waals surface area (Å²) in [4.78, 5) is 22.8. The van der Waals surface area contributed by atoms with Crippen LogP contribution in [0, 0.1) is 0 Å². The van der Waals surface area contributed by atoms with Crippen molar-refractivity contribution in [1.82, 2.24) is 15.5 Å². The molecule has 1 heterocycles. The van der Waals surface area contributed by atoms with Crippen molar-refractivity contribution < 1.29 is 14.3 Å². The highest BCUT2D eigenvalue weighted by Gasteiger charge is 2.15. The summed E-state index contributed by atoms with van der Waals surface area (Å²) >= 11 is 1.43. The molecule has 0 aliphatic carbocycles. The lowest BCUT2D eigenvalue weighted by atomic mass is 10.2. The number of aromatic amines is 1. The van der Waals surface area contributed by atoms with Gasteiger partial charge in [0.1, 0.15) is 11.4 Å². The van der Waals surface area contributed by atoms with Gasteiger partial charge in [-0.2, -0.15) is 16.9 Å². The Morgan fingerprint density at radius 2 is 2.20 bits per heavy atom. The van der Waals surface area contributed by atoms with Crippen LogP contribution in [0.1, 0.15) is 20.8 Å². The largest absolute Gasteiger partial charge is 0.444 e. The van der Waals surface area contributed by atoms with Crippen molar-refractivity contribution >= 4 is 29.6 Å². The third kappa shape index (κ3) is 7.67. The molecular weight excluding hydrogens is 280 g/mol. The van der Waals surface area contributed by atoms with Crippen LogP contribution in [-0.4, -0.2) is 45.8 Å². The highest BCUT2D eigenvalue weighted by molar-refractivity contribution is 7.99. The molecule has 0 unspecified atom stereocenters. The van der Waals surface area contributed by atoms with E-state index >= 15 is 0 Å². The van der Waals surface area contributed by atoms with Crippen molar-refractivity contribution in [1.29, 1.82) is 0 Å². The number of nitrogens with zero attached hydrogens (tertiary/aromatic N) is 1. The van der Waals surface area contributed by atoms with E-state index in [2.05, 4.69) is 20.8 Å². The van der Waals surface area contributed by atoms with E-state index in [1.807, 2.05) is 0 Å². The van der Waals surface area contributed by atoms with Crippen LogP contribution in [0.15, 0.2) is 12.3 Å². The Hall–Kier alpha value is -1.70. The Bertz CT molecular complexity index is 428. The first-order valence-corrected chi connectivity index (χ1v) is 7.36. The molecule has 0 saturated carbocycles. The van der Waals surface area contributed by atoms with Gasteiger partial charge < -0.3 is 15.4 Å². The summed E-state index contributed by atoms with van der Waals surface area (Å²) in [6.45, 7) is 5.88. The highest BCUT2D eigenvalue weighted by Crippen LogP contribution is 2.06. The van der Waals surface area contributed by atoms with E-state index in [4.69, 9.17) is 4.74 Å². The minimum absolute atomic E-state index is 0.114. The summed E-state index contributed by atoms with van der Waals surface area (Å²) in [6, 6.07) is 1.67. The molecule has 8 heteroatoms. The summed E-state index contributed by atoms with van der Waals surface area (Å²) in [6.07, 6.45) is 1.12. The average molecular weight is 300 g/mol. The molecule has 0 bridgehead atoms. The minimum atomic E-state index is -0.499. The third-order valence-corrected chi connectivity index (χ3v) is 2.88. The molecule has 0 aliphatic rings. The quantitative estimate of drug-likeness (QED) is 0.694. The van der Waals surface area contributed by atoms with Crippen LogP contribution in [0.25, 0.3) is 0 Å². The van der Waals surface area contributed by atoms with Crippen molar-refractivity contribution in [3.05, 3.63) is 12.3 Å². The van der Waals surface area contributed by atoms with Crippen LogP contribution >= 0.6 is 11.8 Å². The lowest BCUT2D eigenvalue weighted by Gasteiger charge is -2.19. The fraction of sp³-hybridized carbons (Fsp3) is 0.583. The Labute approximate surface area is 122 Å². The van der Waals surface area contributed by atoms with Crippen LogP contribution in [0.2, 0.25) is 0 Å². The van der Waals surface area contributed by atoms with E-state index in [0.29, 0.717) is 23.9 Å². The maximum atomic E-state index is 11.5. The van der Waals surface area contributed by atoms with E-state index < -0.39 is 11.7 Å². The number of carbonyl (C=O) groups excluding carboxylic acids is 2. The molecule has 0 saturated heterocycles. The summed E-state index contributed by atoms with van der Waals surface area (Å²) in [5, 5.41) is 11.7. The Morgan fingerprint density at radius 3 is 2.80 bits per heavy atom. The predicted octanol–water partition coefficient (Wildman–Crippen LogP) is 1.61. The van der Waals surface area contributed by atoms with Crippen molar-refractivity contribution in [2.24, 2.45) is 0 Å². The predicted molar refractivity (Wildman–Crippen MR) is 78.8 cm³/mol. The second-order valence-electron chi connectivity index (χ2n) is 5.00. The van der Waals surface area contributed by atoms with Crippen molar-refractivity contribution in [3.63, 3.8) is 0 Å². The van der Waals surface area contributed by atoms with Crippen LogP contribution in [0.3, 0.4) is 0 Å². The van der Waals surface area contributed by atoms with Gasteiger partial charge in [-0.05, 0) is 20.8 Å². The van der Waals surface area contributed by atoms with Crippen LogP contribution in [0.4, 0.5) is 10.6 Å². The first-order chi connectivity index (χ1) is 9.37. The van der Waals surface area contributed by atoms with Gasteiger partial charge in [-0.25, -0.2) is 4.79 Å². The summed E-state index contributed by atoms with van der Waals surface area (Å²) in [5.74, 6) is 1.41. The number of thioether (sulfide) groups is 1. The van der Waals surface area contributed by atoms with Crippen LogP contribution in [-0.2, 0) is 9.53 Å². The number of amides is 2. The molecular formula is C12H20N4O3S. The fourth-order valence-corrected chi connectivity index (χ4v) is 1.86. The smallest absolute Gasteiger partial charge is 0.407 e. The number of ether oxygens (including phenoxy) is 1. The van der Waals surface area contributed by atoms with E-state index in [0.717, 1.165) is 0 Å². The van der Waals surface area contributed by atoms with Gasteiger partial charge in [-0.3, -0.25) is 9.89 Å². The first kappa shape index (κ1) is 16.4. The molecule has 0 spiro atoms. The van der Waals surface area contributed by atoms with Crippen molar-refractivity contribution in [2.75, 3.05) is 23.4 Å². The molecule has 1 aromatic rings. The zero-order chi connectivity index (χ0) is 15.0. The number of H-pyrrole nitrogens is 1. The lowest BCUT2D eigenvalue weighted by Crippen LogP contribution is -2.33. The maximum Gasteiger partial charge on any atom is 0.407 e. The number of hydrogen-bond acceptors (Lipinski definition) is 5. The van der Waals surface area contributed by atoms with Gasteiger partial charge in [0.15, 0.2) is 0 Å². The molecule has 0 atom stereocenters. The standard InChI is InChI=1S/C12H20N4O3S/c1-12(2,3)19-11(18)13-6-7-20-8-10(17)15-9-4-5-14-16-9/h4-5H,6-8H2,1-3H3,(H,13,18)(H2,14,15,16,17). The monoisotopic (exact) mass is 300 g/mol. The second kappa shape index (κ2) is 7.78. The minimum Gasteiger partial charge on any atom is -0.444 e. The molecule has 0 aromatic carbocycles. The topological polar surface area (TPSA) is 96.1 Å². The van der Waals surface area contributed by atoms with Gasteiger partial charge in [0, 0.05) is 18.4 Å². The molecule has 7 nitrogen and oxygen atoms in total. The first-order valence-electron chi connectivity index (χ1n) is 6.20. The number of rotatable bonds is 6. The van der Waals surface area contributed by atoms with Crippen LogP contribution in [0.5, 0.6) is 0 Å². The van der Waals surface area contributed by atoms with E-state index in [9.17, 15) is 9.59 Å². The molecule has 3 N–H and O–H groups in total. The average Bonchev–Trinajstić information content (AvgIpc) is 2.78. The zero-order valence-electron chi connectivity index (χ0n) is 11.9. The van der Waals surface area contributed by atoms with Gasteiger partial charge in [-0.15, -0.1) is 0 Å². The number of alkyl carbamates (subject to hydrolysis) is 1. The van der Waals surface area contributed by atoms with Gasteiger partial charge in [0.25, 0.3) is 0 Å². The number of aromatic nitrogens is 2. The molecule has 112 valence electrons. The molecule has 1 rings (SSSR count). The third-order valence-electron chi connectivity index (χ3n) is 1.92. The summed E-state index contributed by atoms with van der Waals surface area (Å²) in [7, 11) is 0. The number of anilines is 1. The van der Waals surface area contributed by atoms with Crippen molar-refractivity contribution in [2.45, 2.75) is 26.4 Å². The van der Waals surface area contributed by atoms with Gasteiger partial charge in [-0.1, -0.05) is 0 Å². The SMILES string of the molecule is CC(C)(C)OC(=O)NCCSCC(=O)Nc1ccn[nH]1. The normalized spacial score (nSPS) is 10.9.